The van der Waals surface area contributed by atoms with Gasteiger partial charge < -0.3 is 15.1 Å². The molecule has 1 saturated heterocycles. The Balaban J connectivity index is 1.97. The SMILES string of the molecule is O=C(CO)N1CC2CC2(CO)C1. The second kappa shape index (κ2) is 2.44. The van der Waals surface area contributed by atoms with Gasteiger partial charge in [0, 0.05) is 18.5 Å². The molecule has 1 aliphatic carbocycles. The summed E-state index contributed by atoms with van der Waals surface area (Å²) in [7, 11) is 0. The van der Waals surface area contributed by atoms with Crippen LogP contribution in [-0.2, 0) is 4.79 Å². The third kappa shape index (κ3) is 0.949. The zero-order chi connectivity index (χ0) is 8.77. The summed E-state index contributed by atoms with van der Waals surface area (Å²) in [6.07, 6.45) is 1.04. The minimum absolute atomic E-state index is 0.00479. The first-order chi connectivity index (χ1) is 5.72. The number of nitrogens with zero attached hydrogens (tertiary/aromatic N) is 1. The molecule has 0 spiro atoms. The maximum absolute atomic E-state index is 11.0. The first-order valence-electron chi connectivity index (χ1n) is 4.21. The van der Waals surface area contributed by atoms with Crippen LogP contribution in [0.5, 0.6) is 0 Å². The highest BCUT2D eigenvalue weighted by atomic mass is 16.3. The molecule has 1 amide bonds. The molecular formula is C8H13NO3. The van der Waals surface area contributed by atoms with E-state index >= 15 is 0 Å². The van der Waals surface area contributed by atoms with Gasteiger partial charge in [0.2, 0.25) is 5.91 Å². The molecule has 4 heteroatoms. The van der Waals surface area contributed by atoms with Gasteiger partial charge in [0.25, 0.3) is 0 Å². The Morgan fingerprint density at radius 2 is 2.33 bits per heavy atom. The van der Waals surface area contributed by atoms with Crippen LogP contribution in [0.1, 0.15) is 6.42 Å². The summed E-state index contributed by atoms with van der Waals surface area (Å²) in [6.45, 7) is 1.12. The Kier molecular flexibility index (Phi) is 1.63. The molecule has 4 nitrogen and oxygen atoms in total. The molecular weight excluding hydrogens is 158 g/mol. The van der Waals surface area contributed by atoms with Crippen molar-refractivity contribution in [2.45, 2.75) is 6.42 Å². The smallest absolute Gasteiger partial charge is 0.248 e. The van der Waals surface area contributed by atoms with Crippen molar-refractivity contribution in [1.29, 1.82) is 0 Å². The molecule has 0 aromatic carbocycles. The van der Waals surface area contributed by atoms with Crippen LogP contribution in [0.3, 0.4) is 0 Å². The van der Waals surface area contributed by atoms with E-state index in [1.54, 1.807) is 4.90 Å². The van der Waals surface area contributed by atoms with Gasteiger partial charge in [0.05, 0.1) is 6.61 Å². The third-order valence-corrected chi connectivity index (χ3v) is 3.11. The highest BCUT2D eigenvalue weighted by molar-refractivity contribution is 5.77. The number of hydrogen-bond acceptors (Lipinski definition) is 3. The van der Waals surface area contributed by atoms with Crippen LogP contribution in [0.2, 0.25) is 0 Å². The fourth-order valence-corrected chi connectivity index (χ4v) is 2.13. The molecule has 2 aliphatic rings. The van der Waals surface area contributed by atoms with Gasteiger partial charge in [0.1, 0.15) is 6.61 Å². The van der Waals surface area contributed by atoms with E-state index in [-0.39, 0.29) is 17.9 Å². The molecule has 2 rings (SSSR count). The van der Waals surface area contributed by atoms with Crippen molar-refractivity contribution in [3.8, 4) is 0 Å². The van der Waals surface area contributed by atoms with E-state index in [1.807, 2.05) is 0 Å². The van der Waals surface area contributed by atoms with E-state index in [0.29, 0.717) is 12.5 Å². The van der Waals surface area contributed by atoms with Gasteiger partial charge in [-0.3, -0.25) is 4.79 Å². The second-order valence-corrected chi connectivity index (χ2v) is 3.85. The van der Waals surface area contributed by atoms with Crippen LogP contribution in [0.4, 0.5) is 0 Å². The number of carbonyl (C=O) groups is 1. The molecule has 0 aromatic heterocycles. The van der Waals surface area contributed by atoms with Crippen LogP contribution in [0.15, 0.2) is 0 Å². The Labute approximate surface area is 70.8 Å². The van der Waals surface area contributed by atoms with Crippen LogP contribution in [0.25, 0.3) is 0 Å². The number of piperidine rings is 1. The topological polar surface area (TPSA) is 60.8 Å². The largest absolute Gasteiger partial charge is 0.396 e. The van der Waals surface area contributed by atoms with E-state index in [2.05, 4.69) is 0 Å². The van der Waals surface area contributed by atoms with Crippen LogP contribution >= 0.6 is 0 Å². The van der Waals surface area contributed by atoms with E-state index < -0.39 is 6.61 Å². The summed E-state index contributed by atoms with van der Waals surface area (Å²) in [5.74, 6) is 0.271. The average molecular weight is 171 g/mol. The zero-order valence-corrected chi connectivity index (χ0v) is 6.86. The number of amides is 1. The lowest BCUT2D eigenvalue weighted by Gasteiger charge is -2.18. The monoisotopic (exact) mass is 171 g/mol. The minimum atomic E-state index is -0.409. The molecule has 0 bridgehead atoms. The molecule has 1 aliphatic heterocycles. The van der Waals surface area contributed by atoms with Crippen LogP contribution < -0.4 is 0 Å². The highest BCUT2D eigenvalue weighted by Crippen LogP contribution is 2.57. The molecule has 2 atom stereocenters. The predicted molar refractivity (Wildman–Crippen MR) is 41.3 cm³/mol. The van der Waals surface area contributed by atoms with Crippen molar-refractivity contribution in [2.24, 2.45) is 11.3 Å². The number of aliphatic hydroxyl groups excluding tert-OH is 2. The lowest BCUT2D eigenvalue weighted by atomic mass is 10.1. The Bertz CT molecular complexity index is 214. The highest BCUT2D eigenvalue weighted by Gasteiger charge is 2.60. The Morgan fingerprint density at radius 1 is 1.58 bits per heavy atom. The standard InChI is InChI=1S/C8H13NO3/c10-3-7(12)9-2-6-1-8(6,4-9)5-11/h6,10-11H,1-5H2. The van der Waals surface area contributed by atoms with Gasteiger partial charge in [-0.15, -0.1) is 0 Å². The van der Waals surface area contributed by atoms with Crippen molar-refractivity contribution in [2.75, 3.05) is 26.3 Å². The number of hydrogen-bond donors (Lipinski definition) is 2. The van der Waals surface area contributed by atoms with Crippen molar-refractivity contribution >= 4 is 5.91 Å². The summed E-state index contributed by atoms with van der Waals surface area (Å²) in [4.78, 5) is 12.7. The summed E-state index contributed by atoms with van der Waals surface area (Å²) >= 11 is 0. The molecule has 68 valence electrons. The predicted octanol–water partition coefficient (Wildman–Crippen LogP) is -1.18. The molecule has 0 aromatic rings. The molecule has 1 saturated carbocycles. The van der Waals surface area contributed by atoms with Crippen LogP contribution in [0, 0.1) is 11.3 Å². The molecule has 2 unspecified atom stereocenters. The molecule has 2 N–H and O–H groups in total. The summed E-state index contributed by atoms with van der Waals surface area (Å²) in [6, 6.07) is 0. The lowest BCUT2D eigenvalue weighted by molar-refractivity contribution is -0.133. The van der Waals surface area contributed by atoms with E-state index in [1.165, 1.54) is 0 Å². The average Bonchev–Trinajstić information content (AvgIpc) is 2.68. The minimum Gasteiger partial charge on any atom is -0.396 e. The molecule has 1 heterocycles. The first-order valence-corrected chi connectivity index (χ1v) is 4.21. The van der Waals surface area contributed by atoms with E-state index in [4.69, 9.17) is 10.2 Å². The maximum Gasteiger partial charge on any atom is 0.248 e. The van der Waals surface area contributed by atoms with Gasteiger partial charge in [-0.1, -0.05) is 0 Å². The van der Waals surface area contributed by atoms with Crippen LogP contribution in [-0.4, -0.2) is 47.3 Å². The van der Waals surface area contributed by atoms with E-state index in [9.17, 15) is 4.79 Å². The van der Waals surface area contributed by atoms with Crippen molar-refractivity contribution in [3.05, 3.63) is 0 Å². The van der Waals surface area contributed by atoms with Crippen molar-refractivity contribution in [3.63, 3.8) is 0 Å². The molecule has 2 fully saturated rings. The van der Waals surface area contributed by atoms with Gasteiger partial charge in [-0.25, -0.2) is 0 Å². The van der Waals surface area contributed by atoms with Crippen molar-refractivity contribution in [1.82, 2.24) is 4.90 Å². The fourth-order valence-electron chi connectivity index (χ4n) is 2.13. The number of fused-ring (bicyclic) bond motifs is 1. The van der Waals surface area contributed by atoms with Crippen molar-refractivity contribution < 1.29 is 15.0 Å². The summed E-state index contributed by atoms with van der Waals surface area (Å²) < 4.78 is 0. The maximum atomic E-state index is 11.0. The third-order valence-electron chi connectivity index (χ3n) is 3.11. The van der Waals surface area contributed by atoms with Gasteiger partial charge in [-0.05, 0) is 12.3 Å². The fraction of sp³-hybridized carbons (Fsp3) is 0.875. The Morgan fingerprint density at radius 3 is 2.83 bits per heavy atom. The number of rotatable bonds is 2. The summed E-state index contributed by atoms with van der Waals surface area (Å²) in [5, 5.41) is 17.6. The number of aliphatic hydroxyl groups is 2. The van der Waals surface area contributed by atoms with Gasteiger partial charge in [-0.2, -0.15) is 0 Å². The number of carbonyl (C=O) groups excluding carboxylic acids is 1. The number of likely N-dealkylation sites (tertiary alicyclic amines) is 1. The molecule has 0 radical (unpaired) electrons. The van der Waals surface area contributed by atoms with E-state index in [0.717, 1.165) is 13.0 Å². The van der Waals surface area contributed by atoms with Gasteiger partial charge in [0.15, 0.2) is 0 Å². The quantitative estimate of drug-likeness (QED) is 0.549. The molecule has 12 heavy (non-hydrogen) atoms. The Hall–Kier alpha value is -0.610. The summed E-state index contributed by atoms with van der Waals surface area (Å²) in [5.41, 5.74) is 0.00479. The zero-order valence-electron chi connectivity index (χ0n) is 6.86. The second-order valence-electron chi connectivity index (χ2n) is 3.85. The normalized spacial score (nSPS) is 38.2. The lowest BCUT2D eigenvalue weighted by Crippen LogP contribution is -2.34. The first kappa shape index (κ1) is 8.01. The van der Waals surface area contributed by atoms with Gasteiger partial charge >= 0.3 is 0 Å².